The number of aromatic nitrogens is 2. The van der Waals surface area contributed by atoms with Crippen molar-refractivity contribution >= 4 is 11.5 Å². The number of benzene rings is 2. The molecule has 0 amide bonds. The van der Waals surface area contributed by atoms with Crippen LogP contribution in [-0.2, 0) is 0 Å². The van der Waals surface area contributed by atoms with Gasteiger partial charge in [-0.1, -0.05) is 12.1 Å². The lowest BCUT2D eigenvalue weighted by atomic mass is 10.2. The maximum atomic E-state index is 14.3. The largest absolute Gasteiger partial charge is 0.493 e. The topological polar surface area (TPSA) is 80.1 Å². The average Bonchev–Trinajstić information content (AvgIpc) is 2.65. The van der Waals surface area contributed by atoms with E-state index in [-0.39, 0.29) is 17.3 Å². The molecular formula is C18H13FN4O2. The molecule has 0 unspecified atom stereocenters. The number of para-hydroxylation sites is 2. The highest BCUT2D eigenvalue weighted by molar-refractivity contribution is 5.61. The monoisotopic (exact) mass is 336 g/mol. The lowest BCUT2D eigenvalue weighted by Crippen LogP contribution is -1.99. The summed E-state index contributed by atoms with van der Waals surface area (Å²) >= 11 is 0. The maximum absolute atomic E-state index is 14.3. The molecule has 0 aliphatic heterocycles. The van der Waals surface area contributed by atoms with Crippen molar-refractivity contribution in [3.05, 3.63) is 66.4 Å². The van der Waals surface area contributed by atoms with E-state index in [1.807, 2.05) is 6.07 Å². The lowest BCUT2D eigenvalue weighted by molar-refractivity contribution is 0.371. The Bertz CT molecular complexity index is 940. The molecule has 1 aromatic heterocycles. The highest BCUT2D eigenvalue weighted by Gasteiger charge is 2.11. The number of halogens is 1. The first-order valence-electron chi connectivity index (χ1n) is 7.30. The number of ether oxygens (including phenoxy) is 2. The van der Waals surface area contributed by atoms with E-state index < -0.39 is 5.82 Å². The fourth-order valence-electron chi connectivity index (χ4n) is 2.13. The lowest BCUT2D eigenvalue weighted by Gasteiger charge is -2.12. The van der Waals surface area contributed by atoms with Crippen LogP contribution in [0.1, 0.15) is 5.69 Å². The van der Waals surface area contributed by atoms with E-state index in [4.69, 9.17) is 14.7 Å². The first kappa shape index (κ1) is 16.2. The Balaban J connectivity index is 1.83. The average molecular weight is 336 g/mol. The van der Waals surface area contributed by atoms with Crippen LogP contribution < -0.4 is 14.8 Å². The summed E-state index contributed by atoms with van der Waals surface area (Å²) < 4.78 is 25.1. The van der Waals surface area contributed by atoms with Gasteiger partial charge in [0, 0.05) is 24.1 Å². The van der Waals surface area contributed by atoms with Gasteiger partial charge in [0.25, 0.3) is 0 Å². The van der Waals surface area contributed by atoms with Gasteiger partial charge in [0.15, 0.2) is 34.6 Å². The van der Waals surface area contributed by atoms with Crippen molar-refractivity contribution in [2.75, 3.05) is 12.4 Å². The number of hydrogen-bond acceptors (Lipinski definition) is 6. The van der Waals surface area contributed by atoms with Crippen LogP contribution in [0.4, 0.5) is 15.9 Å². The van der Waals surface area contributed by atoms with E-state index in [0.29, 0.717) is 17.2 Å². The highest BCUT2D eigenvalue weighted by atomic mass is 19.1. The molecule has 0 radical (unpaired) electrons. The third-order valence-electron chi connectivity index (χ3n) is 3.29. The van der Waals surface area contributed by atoms with E-state index >= 15 is 0 Å². The second-order valence-electron chi connectivity index (χ2n) is 4.89. The fourth-order valence-corrected chi connectivity index (χ4v) is 2.13. The molecule has 7 heteroatoms. The maximum Gasteiger partial charge on any atom is 0.183 e. The molecule has 0 aliphatic rings. The summed E-state index contributed by atoms with van der Waals surface area (Å²) in [7, 11) is 1.51. The quantitative estimate of drug-likeness (QED) is 0.757. The Morgan fingerprint density at radius 2 is 1.80 bits per heavy atom. The molecule has 3 rings (SSSR count). The number of nitrogens with one attached hydrogen (secondary N) is 1. The van der Waals surface area contributed by atoms with Gasteiger partial charge in [0.2, 0.25) is 0 Å². The molecule has 0 saturated carbocycles. The van der Waals surface area contributed by atoms with Gasteiger partial charge in [-0.3, -0.25) is 0 Å². The Labute approximate surface area is 143 Å². The van der Waals surface area contributed by atoms with Crippen molar-refractivity contribution < 1.29 is 13.9 Å². The Morgan fingerprint density at radius 3 is 2.52 bits per heavy atom. The van der Waals surface area contributed by atoms with Gasteiger partial charge in [0.1, 0.15) is 6.07 Å². The third-order valence-corrected chi connectivity index (χ3v) is 3.29. The zero-order chi connectivity index (χ0) is 17.6. The molecule has 3 aromatic rings. The minimum absolute atomic E-state index is 0.0507. The van der Waals surface area contributed by atoms with Crippen LogP contribution in [0.5, 0.6) is 17.2 Å². The summed E-state index contributed by atoms with van der Waals surface area (Å²) in [5.41, 5.74) is 0.541. The minimum atomic E-state index is -0.571. The molecule has 0 bridgehead atoms. The summed E-state index contributed by atoms with van der Waals surface area (Å²) in [4.78, 5) is 7.91. The predicted molar refractivity (Wildman–Crippen MR) is 89.5 cm³/mol. The predicted octanol–water partition coefficient (Wildman–Crippen LogP) is 4.03. The van der Waals surface area contributed by atoms with Crippen LogP contribution in [-0.4, -0.2) is 17.1 Å². The summed E-state index contributed by atoms with van der Waals surface area (Å²) in [6, 6.07) is 13.2. The van der Waals surface area contributed by atoms with E-state index in [1.54, 1.807) is 30.3 Å². The first-order chi connectivity index (χ1) is 12.2. The molecule has 124 valence electrons. The summed E-state index contributed by atoms with van der Waals surface area (Å²) in [6.45, 7) is 0. The first-order valence-corrected chi connectivity index (χ1v) is 7.30. The van der Waals surface area contributed by atoms with E-state index in [2.05, 4.69) is 15.3 Å². The number of rotatable bonds is 5. The molecule has 0 atom stereocenters. The molecule has 0 aliphatic carbocycles. The van der Waals surface area contributed by atoms with Gasteiger partial charge >= 0.3 is 0 Å². The number of nitrogens with zero attached hydrogens (tertiary/aromatic N) is 3. The number of nitriles is 1. The molecule has 1 heterocycles. The Kier molecular flexibility index (Phi) is 4.72. The van der Waals surface area contributed by atoms with Gasteiger partial charge in [0.05, 0.1) is 7.11 Å². The Hall–Kier alpha value is -3.66. The number of hydrogen-bond donors (Lipinski definition) is 1. The third kappa shape index (κ3) is 3.64. The van der Waals surface area contributed by atoms with Crippen molar-refractivity contribution in [1.29, 1.82) is 5.26 Å². The SMILES string of the molecule is COc1ccccc1Oc1ccc(Nc2nccnc2C#N)cc1F. The van der Waals surface area contributed by atoms with Gasteiger partial charge in [-0.2, -0.15) is 5.26 Å². The summed E-state index contributed by atoms with van der Waals surface area (Å²) in [5, 5.41) is 11.9. The van der Waals surface area contributed by atoms with Crippen molar-refractivity contribution in [3.63, 3.8) is 0 Å². The standard InChI is InChI=1S/C18H13FN4O2/c1-24-16-4-2-3-5-17(16)25-15-7-6-12(10-13(15)19)23-18-14(11-20)21-8-9-22-18/h2-10H,1H3,(H,22,23). The molecule has 2 aromatic carbocycles. The molecule has 6 nitrogen and oxygen atoms in total. The second-order valence-corrected chi connectivity index (χ2v) is 4.89. The van der Waals surface area contributed by atoms with Crippen molar-refractivity contribution in [3.8, 4) is 23.3 Å². The molecule has 1 N–H and O–H groups in total. The smallest absolute Gasteiger partial charge is 0.183 e. The zero-order valence-electron chi connectivity index (χ0n) is 13.2. The Morgan fingerprint density at radius 1 is 1.04 bits per heavy atom. The normalized spacial score (nSPS) is 9.96. The van der Waals surface area contributed by atoms with Crippen LogP contribution in [0.15, 0.2) is 54.9 Å². The van der Waals surface area contributed by atoms with Crippen LogP contribution in [0.2, 0.25) is 0 Å². The molecule has 25 heavy (non-hydrogen) atoms. The molecule has 0 saturated heterocycles. The van der Waals surface area contributed by atoms with Crippen molar-refractivity contribution in [2.24, 2.45) is 0 Å². The van der Waals surface area contributed by atoms with Crippen LogP contribution in [0, 0.1) is 17.1 Å². The number of methoxy groups -OCH3 is 1. The summed E-state index contributed by atoms with van der Waals surface area (Å²) in [5.74, 6) is 0.642. The van der Waals surface area contributed by atoms with E-state index in [9.17, 15) is 4.39 Å². The van der Waals surface area contributed by atoms with Crippen LogP contribution in [0.3, 0.4) is 0 Å². The zero-order valence-corrected chi connectivity index (χ0v) is 13.2. The van der Waals surface area contributed by atoms with Crippen LogP contribution in [0.25, 0.3) is 0 Å². The van der Waals surface area contributed by atoms with E-state index in [1.165, 1.54) is 31.6 Å². The highest BCUT2D eigenvalue weighted by Crippen LogP contribution is 2.33. The van der Waals surface area contributed by atoms with E-state index in [0.717, 1.165) is 0 Å². The minimum Gasteiger partial charge on any atom is -0.493 e. The van der Waals surface area contributed by atoms with Crippen molar-refractivity contribution in [1.82, 2.24) is 9.97 Å². The van der Waals surface area contributed by atoms with Gasteiger partial charge < -0.3 is 14.8 Å². The molecule has 0 spiro atoms. The molecular weight excluding hydrogens is 323 g/mol. The van der Waals surface area contributed by atoms with Gasteiger partial charge in [-0.15, -0.1) is 0 Å². The molecule has 0 fully saturated rings. The number of anilines is 2. The fraction of sp³-hybridized carbons (Fsp3) is 0.0556. The van der Waals surface area contributed by atoms with Crippen molar-refractivity contribution in [2.45, 2.75) is 0 Å². The van der Waals surface area contributed by atoms with Gasteiger partial charge in [-0.25, -0.2) is 14.4 Å². The summed E-state index contributed by atoms with van der Waals surface area (Å²) in [6.07, 6.45) is 2.85. The van der Waals surface area contributed by atoms with Gasteiger partial charge in [-0.05, 0) is 24.3 Å². The second kappa shape index (κ2) is 7.27. The van der Waals surface area contributed by atoms with Crippen LogP contribution >= 0.6 is 0 Å².